The van der Waals surface area contributed by atoms with Crippen LogP contribution in [0, 0.1) is 5.41 Å². The molecule has 0 radical (unpaired) electrons. The summed E-state index contributed by atoms with van der Waals surface area (Å²) in [6.45, 7) is 4.59. The first kappa shape index (κ1) is 16.8. The van der Waals surface area contributed by atoms with Gasteiger partial charge in [-0.15, -0.1) is 0 Å². The number of anilines is 1. The topological polar surface area (TPSA) is 41.6 Å². The number of ether oxygens (including phenoxy) is 1. The third-order valence-corrected chi connectivity index (χ3v) is 7.95. The Hall–Kier alpha value is -1.33. The van der Waals surface area contributed by atoms with Gasteiger partial charge in [-0.2, -0.15) is 0 Å². The Morgan fingerprint density at radius 3 is 3.00 bits per heavy atom. The van der Waals surface area contributed by atoms with Crippen molar-refractivity contribution in [2.24, 2.45) is 5.41 Å². The Kier molecular flexibility index (Phi) is 3.61. The Morgan fingerprint density at radius 1 is 1.38 bits per heavy atom. The van der Waals surface area contributed by atoms with E-state index < -0.39 is 0 Å². The van der Waals surface area contributed by atoms with Gasteiger partial charge in [0.15, 0.2) is 0 Å². The fraction of sp³-hybridized carbons (Fsp3) is 0.571. The molecule has 3 atom stereocenters. The molecule has 0 bridgehead atoms. The van der Waals surface area contributed by atoms with Gasteiger partial charge in [0, 0.05) is 21.9 Å². The number of nitrogens with zero attached hydrogens (tertiary/aromatic N) is 1. The maximum Gasteiger partial charge on any atom is 0.335 e. The van der Waals surface area contributed by atoms with Gasteiger partial charge in [0.1, 0.15) is 0 Å². The second-order valence-corrected chi connectivity index (χ2v) is 9.23. The van der Waals surface area contributed by atoms with Gasteiger partial charge in [0.25, 0.3) is 0 Å². The minimum atomic E-state index is -0.158. The molecule has 26 heavy (non-hydrogen) atoms. The van der Waals surface area contributed by atoms with Crippen molar-refractivity contribution in [3.63, 3.8) is 0 Å². The maximum absolute atomic E-state index is 12.8. The lowest BCUT2D eigenvalue weighted by atomic mass is 9.53. The van der Waals surface area contributed by atoms with E-state index in [1.54, 1.807) is 0 Å². The number of hydrogen-bond donors (Lipinski definition) is 1. The molecule has 4 nitrogen and oxygen atoms in total. The van der Waals surface area contributed by atoms with Gasteiger partial charge in [-0.1, -0.05) is 22.9 Å². The van der Waals surface area contributed by atoms with Crippen LogP contribution < -0.4 is 5.32 Å². The first-order valence-electron chi connectivity index (χ1n) is 9.69. The molecule has 1 aromatic carbocycles. The lowest BCUT2D eigenvalue weighted by Crippen LogP contribution is -2.59. The minimum absolute atomic E-state index is 0.0999. The molecule has 0 aromatic heterocycles. The van der Waals surface area contributed by atoms with Crippen molar-refractivity contribution < 1.29 is 9.53 Å². The van der Waals surface area contributed by atoms with E-state index >= 15 is 0 Å². The van der Waals surface area contributed by atoms with E-state index in [1.165, 1.54) is 32.1 Å². The molecule has 5 rings (SSSR count). The number of fused-ring (bicyclic) bond motifs is 1. The number of rotatable bonds is 2. The van der Waals surface area contributed by atoms with Crippen LogP contribution in [0.5, 0.6) is 0 Å². The van der Waals surface area contributed by atoms with Crippen LogP contribution in [0.15, 0.2) is 33.9 Å². The van der Waals surface area contributed by atoms with E-state index in [0.717, 1.165) is 47.2 Å². The van der Waals surface area contributed by atoms with Gasteiger partial charge in [-0.3, -0.25) is 4.90 Å². The van der Waals surface area contributed by atoms with Gasteiger partial charge in [-0.05, 0) is 74.4 Å². The van der Waals surface area contributed by atoms with Crippen molar-refractivity contribution in [3.05, 3.63) is 39.5 Å². The molecule has 4 aliphatic rings. The monoisotopic (exact) mass is 416 g/mol. The van der Waals surface area contributed by atoms with E-state index in [2.05, 4.69) is 51.3 Å². The van der Waals surface area contributed by atoms with E-state index in [-0.39, 0.29) is 16.8 Å². The van der Waals surface area contributed by atoms with E-state index in [4.69, 9.17) is 4.74 Å². The van der Waals surface area contributed by atoms with E-state index in [9.17, 15) is 4.79 Å². The summed E-state index contributed by atoms with van der Waals surface area (Å²) >= 11 is 3.68. The number of esters is 1. The summed E-state index contributed by atoms with van der Waals surface area (Å²) in [7, 11) is 1.51. The molecular weight excluding hydrogens is 392 g/mol. The quantitative estimate of drug-likeness (QED) is 0.733. The average Bonchev–Trinajstić information content (AvgIpc) is 3.21. The summed E-state index contributed by atoms with van der Waals surface area (Å²) < 4.78 is 6.34. The molecule has 2 fully saturated rings. The largest absolute Gasteiger partial charge is 0.466 e. The third kappa shape index (κ3) is 1.91. The molecule has 1 N–H and O–H groups in total. The fourth-order valence-electron chi connectivity index (χ4n) is 6.50. The number of methoxy groups -OCH3 is 1. The van der Waals surface area contributed by atoms with Crippen LogP contribution in [-0.2, 0) is 14.9 Å². The Morgan fingerprint density at radius 2 is 2.23 bits per heavy atom. The Balaban J connectivity index is 1.82. The van der Waals surface area contributed by atoms with Crippen molar-refractivity contribution in [1.82, 2.24) is 4.90 Å². The summed E-state index contributed by atoms with van der Waals surface area (Å²) in [5.41, 5.74) is 4.57. The third-order valence-electron chi connectivity index (χ3n) is 7.46. The second-order valence-electron chi connectivity index (χ2n) is 8.32. The summed E-state index contributed by atoms with van der Waals surface area (Å²) in [6.07, 6.45) is 5.43. The molecule has 2 saturated heterocycles. The zero-order valence-electron chi connectivity index (χ0n) is 15.4. The van der Waals surface area contributed by atoms with Crippen LogP contribution in [-0.4, -0.2) is 37.1 Å². The number of nitrogens with one attached hydrogen (secondary N) is 1. The van der Waals surface area contributed by atoms with Crippen LogP contribution in [0.25, 0.3) is 0 Å². The van der Waals surface area contributed by atoms with E-state index in [1.807, 2.05) is 0 Å². The highest BCUT2D eigenvalue weighted by molar-refractivity contribution is 9.10. The summed E-state index contributed by atoms with van der Waals surface area (Å²) in [5.74, 6) is -0.158. The normalized spacial score (nSPS) is 34.8. The van der Waals surface area contributed by atoms with Gasteiger partial charge >= 0.3 is 5.97 Å². The zero-order valence-corrected chi connectivity index (χ0v) is 17.0. The lowest BCUT2D eigenvalue weighted by molar-refractivity contribution is -0.137. The summed E-state index contributed by atoms with van der Waals surface area (Å²) in [5, 5.41) is 3.65. The number of carbonyl (C=O) groups excluding carboxylic acids is 1. The molecule has 1 aliphatic carbocycles. The molecular formula is C21H25BrN2O2. The second kappa shape index (κ2) is 5.59. The standard InChI is InChI=1S/C21H25BrN2O2/c1-3-20-7-4-9-24-10-8-21(19(20)24)15-11-13(22)5-6-16(15)23-17(21)14(12-20)18(25)26-2/h5-6,11,19,23H,3-4,7-10,12H2,1-2H3/t19?,20-,21+/m0/s1. The molecule has 5 heteroatoms. The average molecular weight is 417 g/mol. The predicted octanol–water partition coefficient (Wildman–Crippen LogP) is 4.21. The fourth-order valence-corrected chi connectivity index (χ4v) is 6.86. The van der Waals surface area contributed by atoms with Gasteiger partial charge in [-0.25, -0.2) is 4.79 Å². The van der Waals surface area contributed by atoms with Crippen molar-refractivity contribution in [2.75, 3.05) is 25.5 Å². The summed E-state index contributed by atoms with van der Waals surface area (Å²) in [6, 6.07) is 6.97. The summed E-state index contributed by atoms with van der Waals surface area (Å²) in [4.78, 5) is 15.5. The van der Waals surface area contributed by atoms with Crippen molar-refractivity contribution in [3.8, 4) is 0 Å². The van der Waals surface area contributed by atoms with Crippen LogP contribution in [0.2, 0.25) is 0 Å². The van der Waals surface area contributed by atoms with Gasteiger partial charge in [0.05, 0.1) is 18.1 Å². The number of hydrogen-bond acceptors (Lipinski definition) is 4. The molecule has 3 heterocycles. The molecule has 3 aliphatic heterocycles. The first-order chi connectivity index (χ1) is 12.6. The lowest BCUT2D eigenvalue weighted by Gasteiger charge is -2.56. The number of piperidine rings is 1. The minimum Gasteiger partial charge on any atom is -0.466 e. The molecule has 138 valence electrons. The van der Waals surface area contributed by atoms with Crippen LogP contribution in [0.3, 0.4) is 0 Å². The van der Waals surface area contributed by atoms with E-state index in [0.29, 0.717) is 6.04 Å². The highest BCUT2D eigenvalue weighted by atomic mass is 79.9. The molecule has 0 saturated carbocycles. The Bertz CT molecular complexity index is 835. The molecule has 0 amide bonds. The van der Waals surface area contributed by atoms with Crippen molar-refractivity contribution in [2.45, 2.75) is 50.5 Å². The predicted molar refractivity (Wildman–Crippen MR) is 105 cm³/mol. The smallest absolute Gasteiger partial charge is 0.335 e. The Labute approximate surface area is 163 Å². The maximum atomic E-state index is 12.8. The van der Waals surface area contributed by atoms with Gasteiger partial charge < -0.3 is 10.1 Å². The van der Waals surface area contributed by atoms with Crippen LogP contribution in [0.1, 0.15) is 44.6 Å². The van der Waals surface area contributed by atoms with Crippen LogP contribution in [0.4, 0.5) is 5.69 Å². The first-order valence-corrected chi connectivity index (χ1v) is 10.5. The highest BCUT2D eigenvalue weighted by Crippen LogP contribution is 2.65. The zero-order chi connectivity index (χ0) is 18.1. The van der Waals surface area contributed by atoms with Crippen molar-refractivity contribution >= 4 is 27.6 Å². The van der Waals surface area contributed by atoms with Gasteiger partial charge in [0.2, 0.25) is 0 Å². The SMILES string of the molecule is CC[C@]12CCCN3CC[C@@]4(C(=C(C(=O)OC)C1)Nc1ccc(Br)cc14)C32. The van der Waals surface area contributed by atoms with Crippen molar-refractivity contribution in [1.29, 1.82) is 0 Å². The molecule has 1 aromatic rings. The highest BCUT2D eigenvalue weighted by Gasteiger charge is 2.66. The number of halogens is 1. The molecule has 1 spiro atoms. The number of carbonyl (C=O) groups is 1. The van der Waals surface area contributed by atoms with Crippen LogP contribution >= 0.6 is 15.9 Å². The number of benzene rings is 1. The molecule has 1 unspecified atom stereocenters.